The van der Waals surface area contributed by atoms with Crippen LogP contribution in [0.25, 0.3) is 0 Å². The fraction of sp³-hybridized carbons (Fsp3) is 0.429. The molecule has 0 aromatic carbocycles. The van der Waals surface area contributed by atoms with Crippen LogP contribution in [0.3, 0.4) is 0 Å². The number of nitrogens with zero attached hydrogens (tertiary/aromatic N) is 3. The van der Waals surface area contributed by atoms with E-state index in [4.69, 9.17) is 0 Å². The second-order valence-electron chi connectivity index (χ2n) is 2.52. The predicted octanol–water partition coefficient (Wildman–Crippen LogP) is 1.48. The number of aromatic nitrogens is 2. The third-order valence-electron chi connectivity index (χ3n) is 1.31. The molecule has 0 atom stereocenters. The van der Waals surface area contributed by atoms with Gasteiger partial charge in [-0.25, -0.2) is 9.97 Å². The van der Waals surface area contributed by atoms with Crippen LogP contribution in [-0.4, -0.2) is 29.7 Å². The smallest absolute Gasteiger partial charge is 0.335 e. The van der Waals surface area contributed by atoms with Crippen molar-refractivity contribution >= 4 is 5.95 Å². The van der Waals surface area contributed by atoms with Crippen molar-refractivity contribution in [2.24, 2.45) is 0 Å². The second-order valence-corrected chi connectivity index (χ2v) is 2.52. The zero-order valence-electron chi connectivity index (χ0n) is 6.91. The van der Waals surface area contributed by atoms with Crippen LogP contribution in [0.4, 0.5) is 19.1 Å². The molecule has 3 nitrogen and oxygen atoms in total. The lowest BCUT2D eigenvalue weighted by Gasteiger charge is -2.17. The number of hydrogen-bond donors (Lipinski definition) is 0. The van der Waals surface area contributed by atoms with Gasteiger partial charge in [-0.2, -0.15) is 13.2 Å². The summed E-state index contributed by atoms with van der Waals surface area (Å²) in [6.45, 7) is -1.04. The average molecular weight is 191 g/mol. The quantitative estimate of drug-likeness (QED) is 0.708. The third-order valence-corrected chi connectivity index (χ3v) is 1.31. The first-order valence-electron chi connectivity index (χ1n) is 3.54. The van der Waals surface area contributed by atoms with E-state index < -0.39 is 12.7 Å². The third kappa shape index (κ3) is 3.27. The van der Waals surface area contributed by atoms with Crippen LogP contribution in [0, 0.1) is 0 Å². The van der Waals surface area contributed by atoms with Crippen molar-refractivity contribution in [3.8, 4) is 0 Å². The van der Waals surface area contributed by atoms with E-state index in [9.17, 15) is 13.2 Å². The van der Waals surface area contributed by atoms with Crippen molar-refractivity contribution in [2.45, 2.75) is 6.18 Å². The van der Waals surface area contributed by atoms with Crippen LogP contribution in [-0.2, 0) is 0 Å². The van der Waals surface area contributed by atoms with Gasteiger partial charge < -0.3 is 4.90 Å². The average Bonchev–Trinajstić information content (AvgIpc) is 2.03. The molecule has 0 aliphatic carbocycles. The van der Waals surface area contributed by atoms with Crippen molar-refractivity contribution in [1.82, 2.24) is 9.97 Å². The fourth-order valence-electron chi connectivity index (χ4n) is 0.828. The normalized spacial score (nSPS) is 11.4. The van der Waals surface area contributed by atoms with E-state index >= 15 is 0 Å². The Kier molecular flexibility index (Phi) is 2.69. The standard InChI is InChI=1S/C7H8F3N3/c1-13(5-7(8,9)10)6-11-3-2-4-12-6/h2-4H,5H2,1H3. The van der Waals surface area contributed by atoms with Gasteiger partial charge in [-0.3, -0.25) is 0 Å². The van der Waals surface area contributed by atoms with Gasteiger partial charge in [0.25, 0.3) is 0 Å². The first-order chi connectivity index (χ1) is 5.99. The summed E-state index contributed by atoms with van der Waals surface area (Å²) in [6, 6.07) is 1.55. The van der Waals surface area contributed by atoms with Crippen LogP contribution >= 0.6 is 0 Å². The number of hydrogen-bond acceptors (Lipinski definition) is 3. The number of rotatable bonds is 2. The molecular weight excluding hydrogens is 183 g/mol. The monoisotopic (exact) mass is 191 g/mol. The summed E-state index contributed by atoms with van der Waals surface area (Å²) in [4.78, 5) is 8.30. The van der Waals surface area contributed by atoms with Gasteiger partial charge in [0.15, 0.2) is 0 Å². The highest BCUT2D eigenvalue weighted by Crippen LogP contribution is 2.17. The fourth-order valence-corrected chi connectivity index (χ4v) is 0.828. The molecule has 0 radical (unpaired) electrons. The van der Waals surface area contributed by atoms with E-state index in [2.05, 4.69) is 9.97 Å². The molecule has 0 fully saturated rings. The maximum Gasteiger partial charge on any atom is 0.406 e. The number of halogens is 3. The van der Waals surface area contributed by atoms with Gasteiger partial charge in [0.2, 0.25) is 5.95 Å². The Morgan fingerprint density at radius 1 is 1.31 bits per heavy atom. The van der Waals surface area contributed by atoms with Crippen LogP contribution in [0.15, 0.2) is 18.5 Å². The molecule has 0 aliphatic heterocycles. The zero-order valence-corrected chi connectivity index (χ0v) is 6.91. The maximum atomic E-state index is 11.9. The zero-order chi connectivity index (χ0) is 9.90. The first-order valence-corrected chi connectivity index (χ1v) is 3.54. The molecule has 6 heteroatoms. The van der Waals surface area contributed by atoms with Gasteiger partial charge in [-0.1, -0.05) is 0 Å². The van der Waals surface area contributed by atoms with Crippen molar-refractivity contribution in [1.29, 1.82) is 0 Å². The molecule has 1 rings (SSSR count). The van der Waals surface area contributed by atoms with Crippen LogP contribution < -0.4 is 4.90 Å². The van der Waals surface area contributed by atoms with E-state index in [1.807, 2.05) is 0 Å². The van der Waals surface area contributed by atoms with E-state index in [0.717, 1.165) is 4.90 Å². The number of alkyl halides is 3. The van der Waals surface area contributed by atoms with E-state index in [1.165, 1.54) is 19.4 Å². The summed E-state index contributed by atoms with van der Waals surface area (Å²) in [6.07, 6.45) is -1.43. The summed E-state index contributed by atoms with van der Waals surface area (Å²) >= 11 is 0. The van der Waals surface area contributed by atoms with Crippen LogP contribution in [0.1, 0.15) is 0 Å². The molecule has 13 heavy (non-hydrogen) atoms. The van der Waals surface area contributed by atoms with Crippen LogP contribution in [0.2, 0.25) is 0 Å². The largest absolute Gasteiger partial charge is 0.406 e. The molecule has 0 N–H and O–H groups in total. The number of anilines is 1. The Morgan fingerprint density at radius 3 is 2.31 bits per heavy atom. The summed E-state index contributed by atoms with van der Waals surface area (Å²) < 4.78 is 35.7. The Labute approximate surface area is 73.2 Å². The SMILES string of the molecule is CN(CC(F)(F)F)c1ncccn1. The molecule has 1 heterocycles. The highest BCUT2D eigenvalue weighted by molar-refractivity contribution is 5.26. The van der Waals surface area contributed by atoms with Crippen molar-refractivity contribution in [2.75, 3.05) is 18.5 Å². The Morgan fingerprint density at radius 2 is 1.85 bits per heavy atom. The minimum absolute atomic E-state index is 0.0693. The van der Waals surface area contributed by atoms with E-state index in [0.29, 0.717) is 0 Å². The predicted molar refractivity (Wildman–Crippen MR) is 41.4 cm³/mol. The highest BCUT2D eigenvalue weighted by Gasteiger charge is 2.30. The Bertz CT molecular complexity index is 259. The molecule has 1 aromatic rings. The van der Waals surface area contributed by atoms with Gasteiger partial charge in [0.05, 0.1) is 0 Å². The van der Waals surface area contributed by atoms with Crippen LogP contribution in [0.5, 0.6) is 0 Å². The molecule has 0 saturated carbocycles. The molecule has 0 saturated heterocycles. The Hall–Kier alpha value is -1.33. The topological polar surface area (TPSA) is 29.0 Å². The summed E-state index contributed by atoms with van der Waals surface area (Å²) in [5.74, 6) is 0.0693. The first kappa shape index (κ1) is 9.76. The lowest BCUT2D eigenvalue weighted by atomic mass is 10.5. The molecule has 0 amide bonds. The van der Waals surface area contributed by atoms with E-state index in [-0.39, 0.29) is 5.95 Å². The summed E-state index contributed by atoms with van der Waals surface area (Å²) in [5.41, 5.74) is 0. The maximum absolute atomic E-state index is 11.9. The van der Waals surface area contributed by atoms with Crippen molar-refractivity contribution < 1.29 is 13.2 Å². The molecule has 0 bridgehead atoms. The van der Waals surface area contributed by atoms with Gasteiger partial charge in [0.1, 0.15) is 6.54 Å². The van der Waals surface area contributed by atoms with Crippen molar-refractivity contribution in [3.05, 3.63) is 18.5 Å². The lowest BCUT2D eigenvalue weighted by molar-refractivity contribution is -0.119. The Balaban J connectivity index is 2.64. The second kappa shape index (κ2) is 3.59. The van der Waals surface area contributed by atoms with Gasteiger partial charge in [-0.15, -0.1) is 0 Å². The minimum Gasteiger partial charge on any atom is -0.335 e. The van der Waals surface area contributed by atoms with Gasteiger partial charge in [-0.05, 0) is 6.07 Å². The molecule has 0 aliphatic rings. The van der Waals surface area contributed by atoms with Gasteiger partial charge >= 0.3 is 6.18 Å². The summed E-state index contributed by atoms with van der Waals surface area (Å²) in [5, 5.41) is 0. The molecule has 0 spiro atoms. The van der Waals surface area contributed by atoms with E-state index in [1.54, 1.807) is 6.07 Å². The molecule has 1 aromatic heterocycles. The van der Waals surface area contributed by atoms with Gasteiger partial charge in [0, 0.05) is 19.4 Å². The minimum atomic E-state index is -4.23. The lowest BCUT2D eigenvalue weighted by Crippen LogP contribution is -2.31. The molecular formula is C7H8F3N3. The summed E-state index contributed by atoms with van der Waals surface area (Å²) in [7, 11) is 1.29. The molecule has 0 unspecified atom stereocenters. The van der Waals surface area contributed by atoms with Crippen molar-refractivity contribution in [3.63, 3.8) is 0 Å². The molecule has 72 valence electrons. The highest BCUT2D eigenvalue weighted by atomic mass is 19.4.